The van der Waals surface area contributed by atoms with Gasteiger partial charge in [-0.15, -0.1) is 0 Å². The molecule has 1 N–H and O–H groups in total. The molecule has 0 aliphatic carbocycles. The van der Waals surface area contributed by atoms with Gasteiger partial charge in [-0.25, -0.2) is 4.98 Å². The van der Waals surface area contributed by atoms with Gasteiger partial charge in [-0.3, -0.25) is 0 Å². The summed E-state index contributed by atoms with van der Waals surface area (Å²) in [5.41, 5.74) is 4.62. The molecule has 0 radical (unpaired) electrons. The summed E-state index contributed by atoms with van der Waals surface area (Å²) in [6.07, 6.45) is 0. The molecule has 0 aliphatic heterocycles. The summed E-state index contributed by atoms with van der Waals surface area (Å²) in [5.74, 6) is 2.22. The number of hydrogen-bond acceptors (Lipinski definition) is 6. The summed E-state index contributed by atoms with van der Waals surface area (Å²) in [4.78, 5) is 9.23. The molecule has 4 aromatic rings. The lowest BCUT2D eigenvalue weighted by molar-refractivity contribution is 0.294. The van der Waals surface area contributed by atoms with Gasteiger partial charge in [0, 0.05) is 17.3 Å². The van der Waals surface area contributed by atoms with Crippen LogP contribution in [0.4, 0.5) is 11.6 Å². The Morgan fingerprint density at radius 1 is 0.848 bits per heavy atom. The lowest BCUT2D eigenvalue weighted by Gasteiger charge is -2.12. The zero-order chi connectivity index (χ0) is 23.2. The maximum atomic E-state index is 6.27. The Kier molecular flexibility index (Phi) is 6.95. The first-order chi connectivity index (χ1) is 16.0. The number of aromatic nitrogens is 2. The molecule has 1 heterocycles. The first-order valence-electron chi connectivity index (χ1n) is 10.4. The molecule has 3 aromatic carbocycles. The lowest BCUT2D eigenvalue weighted by Crippen LogP contribution is -2.03. The predicted molar refractivity (Wildman–Crippen MR) is 131 cm³/mol. The molecular formula is C26H24ClN3O3. The van der Waals surface area contributed by atoms with E-state index in [0.29, 0.717) is 34.9 Å². The van der Waals surface area contributed by atoms with Gasteiger partial charge >= 0.3 is 0 Å². The van der Waals surface area contributed by atoms with Gasteiger partial charge in [0.15, 0.2) is 0 Å². The van der Waals surface area contributed by atoms with Crippen molar-refractivity contribution >= 4 is 23.2 Å². The third kappa shape index (κ3) is 5.73. The van der Waals surface area contributed by atoms with Gasteiger partial charge in [0.05, 0.1) is 24.9 Å². The highest BCUT2D eigenvalue weighted by Crippen LogP contribution is 2.30. The number of nitrogens with zero attached hydrogens (tertiary/aromatic N) is 2. The van der Waals surface area contributed by atoms with Crippen molar-refractivity contribution in [2.45, 2.75) is 13.5 Å². The number of anilines is 2. The lowest BCUT2D eigenvalue weighted by atomic mass is 10.1. The first kappa shape index (κ1) is 22.4. The van der Waals surface area contributed by atoms with Crippen LogP contribution in [0.25, 0.3) is 11.3 Å². The molecule has 168 valence electrons. The number of benzene rings is 3. The van der Waals surface area contributed by atoms with Crippen molar-refractivity contribution in [1.82, 2.24) is 9.97 Å². The van der Waals surface area contributed by atoms with E-state index in [1.165, 1.54) is 5.56 Å². The number of rotatable bonds is 8. The molecular weight excluding hydrogens is 438 g/mol. The Bertz CT molecular complexity index is 1230. The maximum absolute atomic E-state index is 6.27. The van der Waals surface area contributed by atoms with Gasteiger partial charge in [0.2, 0.25) is 11.8 Å². The van der Waals surface area contributed by atoms with E-state index in [0.717, 1.165) is 22.6 Å². The fourth-order valence-electron chi connectivity index (χ4n) is 3.18. The third-order valence-corrected chi connectivity index (χ3v) is 5.30. The number of hydrogen-bond donors (Lipinski definition) is 1. The van der Waals surface area contributed by atoms with Crippen molar-refractivity contribution < 1.29 is 14.2 Å². The number of halogens is 1. The van der Waals surface area contributed by atoms with Gasteiger partial charge in [-0.1, -0.05) is 41.4 Å². The molecule has 33 heavy (non-hydrogen) atoms. The van der Waals surface area contributed by atoms with Gasteiger partial charge in [-0.2, -0.15) is 4.98 Å². The fourth-order valence-corrected chi connectivity index (χ4v) is 3.44. The van der Waals surface area contributed by atoms with Gasteiger partial charge < -0.3 is 19.5 Å². The van der Waals surface area contributed by atoms with Gasteiger partial charge in [0.25, 0.3) is 0 Å². The van der Waals surface area contributed by atoms with Crippen molar-refractivity contribution in [3.8, 4) is 28.6 Å². The zero-order valence-corrected chi connectivity index (χ0v) is 19.4. The molecule has 0 atom stereocenters. The standard InChI is InChI=1S/C26H24ClN3O3/c1-17-4-6-18(7-5-17)16-33-25-15-23(19-8-11-21(31-2)12-9-19)29-26(30-25)28-20-10-13-24(32-3)22(27)14-20/h4-15H,16H2,1-3H3,(H,28,29,30). The Balaban J connectivity index is 1.64. The van der Waals surface area contributed by atoms with Crippen LogP contribution in [-0.4, -0.2) is 24.2 Å². The van der Waals surface area contributed by atoms with Crippen LogP contribution in [0.5, 0.6) is 17.4 Å². The topological polar surface area (TPSA) is 65.5 Å². The second kappa shape index (κ2) is 10.2. The van der Waals surface area contributed by atoms with Crippen LogP contribution in [0.15, 0.2) is 72.8 Å². The van der Waals surface area contributed by atoms with Crippen molar-refractivity contribution in [3.63, 3.8) is 0 Å². The van der Waals surface area contributed by atoms with Crippen LogP contribution in [0.2, 0.25) is 5.02 Å². The Morgan fingerprint density at radius 3 is 2.27 bits per heavy atom. The summed E-state index contributed by atoms with van der Waals surface area (Å²) in [6, 6.07) is 23.1. The summed E-state index contributed by atoms with van der Waals surface area (Å²) in [5, 5.41) is 3.70. The predicted octanol–water partition coefficient (Wildman–Crippen LogP) is 6.45. The highest BCUT2D eigenvalue weighted by molar-refractivity contribution is 6.32. The largest absolute Gasteiger partial charge is 0.497 e. The van der Waals surface area contributed by atoms with E-state index in [4.69, 9.17) is 25.8 Å². The summed E-state index contributed by atoms with van der Waals surface area (Å²) < 4.78 is 16.5. The highest BCUT2D eigenvalue weighted by Gasteiger charge is 2.10. The van der Waals surface area contributed by atoms with E-state index < -0.39 is 0 Å². The average molecular weight is 462 g/mol. The molecule has 0 bridgehead atoms. The van der Waals surface area contributed by atoms with E-state index >= 15 is 0 Å². The number of aryl methyl sites for hydroxylation is 1. The first-order valence-corrected chi connectivity index (χ1v) is 10.7. The van der Waals surface area contributed by atoms with Crippen LogP contribution in [-0.2, 0) is 6.61 Å². The molecule has 4 rings (SSSR count). The number of nitrogens with one attached hydrogen (secondary N) is 1. The van der Waals surface area contributed by atoms with Crippen LogP contribution < -0.4 is 19.5 Å². The minimum atomic E-state index is 0.392. The van der Waals surface area contributed by atoms with Crippen LogP contribution in [0.1, 0.15) is 11.1 Å². The molecule has 0 spiro atoms. The summed E-state index contributed by atoms with van der Waals surface area (Å²) in [7, 11) is 3.21. The SMILES string of the molecule is COc1ccc(-c2cc(OCc3ccc(C)cc3)nc(Nc3ccc(OC)c(Cl)c3)n2)cc1. The van der Waals surface area contributed by atoms with Crippen molar-refractivity contribution in [3.05, 3.63) is 88.9 Å². The fraction of sp³-hybridized carbons (Fsp3) is 0.154. The van der Waals surface area contributed by atoms with Crippen molar-refractivity contribution in [2.75, 3.05) is 19.5 Å². The zero-order valence-electron chi connectivity index (χ0n) is 18.6. The third-order valence-electron chi connectivity index (χ3n) is 5.00. The molecule has 6 nitrogen and oxygen atoms in total. The molecule has 0 saturated carbocycles. The van der Waals surface area contributed by atoms with E-state index in [1.807, 2.05) is 48.5 Å². The van der Waals surface area contributed by atoms with Crippen LogP contribution in [0, 0.1) is 6.92 Å². The number of methoxy groups -OCH3 is 2. The van der Waals surface area contributed by atoms with Gasteiger partial charge in [0.1, 0.15) is 18.1 Å². The Morgan fingerprint density at radius 2 is 1.61 bits per heavy atom. The minimum absolute atomic E-state index is 0.392. The van der Waals surface area contributed by atoms with Crippen molar-refractivity contribution in [1.29, 1.82) is 0 Å². The Labute approximate surface area is 198 Å². The second-order valence-electron chi connectivity index (χ2n) is 7.39. The van der Waals surface area contributed by atoms with E-state index in [2.05, 4.69) is 34.3 Å². The van der Waals surface area contributed by atoms with Crippen LogP contribution >= 0.6 is 11.6 Å². The molecule has 1 aromatic heterocycles. The smallest absolute Gasteiger partial charge is 0.231 e. The minimum Gasteiger partial charge on any atom is -0.497 e. The van der Waals surface area contributed by atoms with Gasteiger partial charge in [-0.05, 0) is 55.0 Å². The van der Waals surface area contributed by atoms with E-state index in [9.17, 15) is 0 Å². The highest BCUT2D eigenvalue weighted by atomic mass is 35.5. The molecule has 0 unspecified atom stereocenters. The maximum Gasteiger partial charge on any atom is 0.231 e. The normalized spacial score (nSPS) is 10.5. The average Bonchev–Trinajstić information content (AvgIpc) is 2.84. The monoisotopic (exact) mass is 461 g/mol. The summed E-state index contributed by atoms with van der Waals surface area (Å²) >= 11 is 6.27. The quantitative estimate of drug-likeness (QED) is 0.325. The Hall–Kier alpha value is -3.77. The molecule has 0 aliphatic rings. The molecule has 0 amide bonds. The summed E-state index contributed by atoms with van der Waals surface area (Å²) in [6.45, 7) is 2.45. The molecule has 0 saturated heterocycles. The molecule has 7 heteroatoms. The van der Waals surface area contributed by atoms with E-state index in [1.54, 1.807) is 26.4 Å². The molecule has 0 fully saturated rings. The van der Waals surface area contributed by atoms with Crippen molar-refractivity contribution in [2.24, 2.45) is 0 Å². The second-order valence-corrected chi connectivity index (χ2v) is 7.80. The van der Waals surface area contributed by atoms with Crippen LogP contribution in [0.3, 0.4) is 0 Å². The number of ether oxygens (including phenoxy) is 3. The van der Waals surface area contributed by atoms with E-state index in [-0.39, 0.29) is 0 Å².